The summed E-state index contributed by atoms with van der Waals surface area (Å²) in [6.07, 6.45) is -4.59. The highest BCUT2D eigenvalue weighted by atomic mass is 32.2. The van der Waals surface area contributed by atoms with Crippen molar-refractivity contribution >= 4 is 32.9 Å². The Morgan fingerprint density at radius 2 is 1.89 bits per heavy atom. The van der Waals surface area contributed by atoms with Crippen LogP contribution >= 0.6 is 11.8 Å². The van der Waals surface area contributed by atoms with Crippen LogP contribution in [0, 0.1) is 0 Å². The summed E-state index contributed by atoms with van der Waals surface area (Å²) >= 11 is 1.48. The number of alkyl halides is 3. The Bertz CT molecular complexity index is 856. The monoisotopic (exact) mass is 423 g/mol. The summed E-state index contributed by atoms with van der Waals surface area (Å²) in [7, 11) is -4.25. The van der Waals surface area contributed by atoms with Crippen molar-refractivity contribution in [1.82, 2.24) is 9.21 Å². The largest absolute Gasteiger partial charge is 0.480 e. The number of rotatable bonds is 3. The number of piperazine rings is 1. The van der Waals surface area contributed by atoms with Gasteiger partial charge in [-0.25, -0.2) is 8.42 Å². The van der Waals surface area contributed by atoms with Gasteiger partial charge >= 0.3 is 12.1 Å². The summed E-state index contributed by atoms with van der Waals surface area (Å²) in [5.74, 6) is -0.532. The van der Waals surface area contributed by atoms with Crippen LogP contribution in [0.5, 0.6) is 0 Å². The number of carboxylic acids is 1. The normalized spacial score (nSPS) is 22.0. The van der Waals surface area contributed by atoms with Gasteiger partial charge in [0.25, 0.3) is 0 Å². The average Bonchev–Trinajstić information content (AvgIpc) is 3.15. The third-order valence-corrected chi connectivity index (χ3v) is 7.20. The van der Waals surface area contributed by atoms with Crippen LogP contribution in [-0.2, 0) is 21.0 Å². The van der Waals surface area contributed by atoms with Crippen molar-refractivity contribution in [3.05, 3.63) is 29.8 Å². The SMILES string of the molecule is O=C(O)[C@H]1CN(C2=NCCS2)CCN1S(=O)(=O)c1ccc(C(F)(F)F)cc1. The van der Waals surface area contributed by atoms with E-state index in [-0.39, 0.29) is 24.5 Å². The van der Waals surface area contributed by atoms with Crippen molar-refractivity contribution in [3.8, 4) is 0 Å². The van der Waals surface area contributed by atoms with E-state index in [4.69, 9.17) is 0 Å². The highest BCUT2D eigenvalue weighted by Crippen LogP contribution is 2.31. The predicted octanol–water partition coefficient (Wildman–Crippen LogP) is 1.57. The fraction of sp³-hybridized carbons (Fsp3) is 0.467. The van der Waals surface area contributed by atoms with E-state index >= 15 is 0 Å². The van der Waals surface area contributed by atoms with Crippen LogP contribution < -0.4 is 0 Å². The second kappa shape index (κ2) is 7.32. The molecule has 1 aromatic rings. The van der Waals surface area contributed by atoms with Crippen molar-refractivity contribution in [2.24, 2.45) is 4.99 Å². The molecule has 1 atom stereocenters. The molecule has 1 saturated heterocycles. The number of hydrogen-bond donors (Lipinski definition) is 1. The number of aliphatic carboxylic acids is 1. The number of carbonyl (C=O) groups is 1. The molecule has 0 radical (unpaired) electrons. The second-order valence-electron chi connectivity index (χ2n) is 5.95. The molecule has 27 heavy (non-hydrogen) atoms. The zero-order valence-electron chi connectivity index (χ0n) is 13.9. The number of benzene rings is 1. The fourth-order valence-electron chi connectivity index (χ4n) is 2.90. The fourth-order valence-corrected chi connectivity index (χ4v) is 5.36. The zero-order chi connectivity index (χ0) is 19.8. The molecule has 2 aliphatic heterocycles. The minimum atomic E-state index is -4.59. The lowest BCUT2D eigenvalue weighted by atomic mass is 10.2. The predicted molar refractivity (Wildman–Crippen MR) is 93.1 cm³/mol. The first-order chi connectivity index (χ1) is 12.6. The van der Waals surface area contributed by atoms with Gasteiger partial charge in [-0.05, 0) is 24.3 Å². The highest BCUT2D eigenvalue weighted by molar-refractivity contribution is 8.14. The van der Waals surface area contributed by atoms with Gasteiger partial charge in [0.1, 0.15) is 6.04 Å². The molecule has 12 heteroatoms. The van der Waals surface area contributed by atoms with Crippen LogP contribution in [0.3, 0.4) is 0 Å². The van der Waals surface area contributed by atoms with E-state index in [9.17, 15) is 31.5 Å². The summed E-state index contributed by atoms with van der Waals surface area (Å²) in [5, 5.41) is 10.2. The number of hydrogen-bond acceptors (Lipinski definition) is 6. The molecule has 0 aromatic heterocycles. The molecule has 1 N–H and O–H groups in total. The molecule has 1 aromatic carbocycles. The molecule has 0 amide bonds. The van der Waals surface area contributed by atoms with E-state index in [0.717, 1.165) is 22.2 Å². The highest BCUT2D eigenvalue weighted by Gasteiger charge is 2.41. The Labute approximate surface area is 157 Å². The molecule has 0 bridgehead atoms. The molecule has 2 aliphatic rings. The van der Waals surface area contributed by atoms with Crippen molar-refractivity contribution in [3.63, 3.8) is 0 Å². The minimum absolute atomic E-state index is 0.0684. The molecule has 3 rings (SSSR count). The van der Waals surface area contributed by atoms with Crippen molar-refractivity contribution in [2.45, 2.75) is 17.1 Å². The summed E-state index contributed by atoms with van der Waals surface area (Å²) in [4.78, 5) is 17.3. The molecular weight excluding hydrogens is 407 g/mol. The molecule has 148 valence electrons. The lowest BCUT2D eigenvalue weighted by Crippen LogP contribution is -2.58. The number of aliphatic imine (C=N–C) groups is 1. The molecule has 1 fully saturated rings. The molecule has 7 nitrogen and oxygen atoms in total. The summed E-state index contributed by atoms with van der Waals surface area (Å²) in [6.45, 7) is 0.720. The first-order valence-corrected chi connectivity index (χ1v) is 10.4. The summed E-state index contributed by atoms with van der Waals surface area (Å²) < 4.78 is 64.5. The Kier molecular flexibility index (Phi) is 5.41. The summed E-state index contributed by atoms with van der Waals surface area (Å²) in [6, 6.07) is 1.68. The Morgan fingerprint density at radius 3 is 2.41 bits per heavy atom. The van der Waals surface area contributed by atoms with E-state index in [1.54, 1.807) is 4.90 Å². The molecular formula is C15H16F3N3O4S2. The first kappa shape index (κ1) is 20.0. The first-order valence-electron chi connectivity index (χ1n) is 7.95. The van der Waals surface area contributed by atoms with Gasteiger partial charge in [-0.3, -0.25) is 9.79 Å². The molecule has 0 unspecified atom stereocenters. The van der Waals surface area contributed by atoms with E-state index in [2.05, 4.69) is 4.99 Å². The quantitative estimate of drug-likeness (QED) is 0.794. The standard InChI is InChI=1S/C15H16F3N3O4S2/c16-15(17,18)10-1-3-11(4-2-10)27(24,25)21-7-6-20(9-12(21)13(22)23)14-19-5-8-26-14/h1-4,12H,5-9H2,(H,22,23)/t12-/m1/s1. The molecule has 0 saturated carbocycles. The number of halogens is 3. The third kappa shape index (κ3) is 4.06. The smallest absolute Gasteiger partial charge is 0.416 e. The number of amidine groups is 1. The van der Waals surface area contributed by atoms with Gasteiger partial charge in [-0.1, -0.05) is 11.8 Å². The maximum Gasteiger partial charge on any atom is 0.416 e. The Hall–Kier alpha value is -1.79. The number of thioether (sulfide) groups is 1. The number of sulfonamides is 1. The van der Waals surface area contributed by atoms with Crippen molar-refractivity contribution in [1.29, 1.82) is 0 Å². The van der Waals surface area contributed by atoms with Gasteiger partial charge in [0.05, 0.1) is 17.0 Å². The Morgan fingerprint density at radius 1 is 1.22 bits per heavy atom. The van der Waals surface area contributed by atoms with Crippen LogP contribution in [0.2, 0.25) is 0 Å². The molecule has 0 aliphatic carbocycles. The Balaban J connectivity index is 1.85. The molecule has 2 heterocycles. The van der Waals surface area contributed by atoms with Crippen molar-refractivity contribution in [2.75, 3.05) is 31.9 Å². The van der Waals surface area contributed by atoms with Gasteiger partial charge < -0.3 is 10.0 Å². The van der Waals surface area contributed by atoms with E-state index in [1.807, 2.05) is 0 Å². The maximum atomic E-state index is 12.8. The average molecular weight is 423 g/mol. The van der Waals surface area contributed by atoms with Crippen LogP contribution in [0.15, 0.2) is 34.2 Å². The minimum Gasteiger partial charge on any atom is -0.480 e. The van der Waals surface area contributed by atoms with Crippen molar-refractivity contribution < 1.29 is 31.5 Å². The van der Waals surface area contributed by atoms with Crippen LogP contribution in [-0.4, -0.2) is 71.8 Å². The van der Waals surface area contributed by atoms with Crippen LogP contribution in [0.1, 0.15) is 5.56 Å². The van der Waals surface area contributed by atoms with E-state index in [1.165, 1.54) is 11.8 Å². The number of carboxylic acid groups (broad SMARTS) is 1. The van der Waals surface area contributed by atoms with Gasteiger partial charge in [0, 0.05) is 25.4 Å². The maximum absolute atomic E-state index is 12.8. The third-order valence-electron chi connectivity index (χ3n) is 4.24. The van der Waals surface area contributed by atoms with Gasteiger partial charge in [0.15, 0.2) is 5.17 Å². The number of nitrogens with zero attached hydrogens (tertiary/aromatic N) is 3. The van der Waals surface area contributed by atoms with Crippen LogP contribution in [0.25, 0.3) is 0 Å². The van der Waals surface area contributed by atoms with Crippen LogP contribution in [0.4, 0.5) is 13.2 Å². The lowest BCUT2D eigenvalue weighted by Gasteiger charge is -2.39. The van der Waals surface area contributed by atoms with E-state index < -0.39 is 33.8 Å². The molecule has 0 spiro atoms. The van der Waals surface area contributed by atoms with Gasteiger partial charge in [0.2, 0.25) is 10.0 Å². The zero-order valence-corrected chi connectivity index (χ0v) is 15.5. The topological polar surface area (TPSA) is 90.3 Å². The summed E-state index contributed by atoms with van der Waals surface area (Å²) in [5.41, 5.74) is -0.975. The van der Waals surface area contributed by atoms with Gasteiger partial charge in [-0.2, -0.15) is 17.5 Å². The second-order valence-corrected chi connectivity index (χ2v) is 8.90. The lowest BCUT2D eigenvalue weighted by molar-refractivity contribution is -0.142. The van der Waals surface area contributed by atoms with E-state index in [0.29, 0.717) is 23.8 Å². The van der Waals surface area contributed by atoms with Gasteiger partial charge in [-0.15, -0.1) is 0 Å².